The zero-order valence-corrected chi connectivity index (χ0v) is 14.7. The summed E-state index contributed by atoms with van der Waals surface area (Å²) in [6.07, 6.45) is 3.01. The minimum absolute atomic E-state index is 0.0670. The van der Waals surface area contributed by atoms with Crippen molar-refractivity contribution in [3.05, 3.63) is 93.8 Å². The molecule has 0 fully saturated rings. The Kier molecular flexibility index (Phi) is 5.21. The molecule has 7 nitrogen and oxygen atoms in total. The van der Waals surface area contributed by atoms with Crippen molar-refractivity contribution >= 4 is 17.0 Å². The quantitative estimate of drug-likeness (QED) is 0.514. The third kappa shape index (κ3) is 3.52. The van der Waals surface area contributed by atoms with E-state index in [4.69, 9.17) is 4.74 Å². The van der Waals surface area contributed by atoms with Crippen molar-refractivity contribution in [3.63, 3.8) is 0 Å². The highest BCUT2D eigenvalue weighted by Gasteiger charge is 2.18. The van der Waals surface area contributed by atoms with Gasteiger partial charge in [-0.1, -0.05) is 42.5 Å². The lowest BCUT2D eigenvalue weighted by molar-refractivity contribution is 0.0467. The van der Waals surface area contributed by atoms with Crippen molar-refractivity contribution in [2.45, 2.75) is 19.7 Å². The lowest BCUT2D eigenvalue weighted by Gasteiger charge is -2.08. The van der Waals surface area contributed by atoms with Crippen molar-refractivity contribution in [2.24, 2.45) is 0 Å². The number of aromatic nitrogens is 3. The Bertz CT molecular complexity index is 1120. The van der Waals surface area contributed by atoms with Crippen LogP contribution >= 0.6 is 0 Å². The Balaban J connectivity index is 2.01. The van der Waals surface area contributed by atoms with Gasteiger partial charge in [-0.3, -0.25) is 13.9 Å². The average Bonchev–Trinajstić information content (AvgIpc) is 3.13. The smallest absolute Gasteiger partial charge is 0.355 e. The monoisotopic (exact) mass is 365 g/mol. The molecule has 3 aromatic rings. The zero-order chi connectivity index (χ0) is 19.4. The van der Waals surface area contributed by atoms with Crippen LogP contribution in [0.15, 0.2) is 71.3 Å². The van der Waals surface area contributed by atoms with Crippen molar-refractivity contribution in [3.8, 4) is 0 Å². The first-order chi connectivity index (χ1) is 13.1. The molecular formula is C20H19N3O4. The largest absolute Gasteiger partial charge is 0.456 e. The molecule has 0 saturated heterocycles. The maximum atomic E-state index is 12.6. The normalized spacial score (nSPS) is 10.7. The van der Waals surface area contributed by atoms with Crippen LogP contribution in [0, 0.1) is 0 Å². The molecule has 1 aromatic carbocycles. The number of allylic oxidation sites excluding steroid dienone is 2. The second-order valence-electron chi connectivity index (χ2n) is 5.89. The average molecular weight is 365 g/mol. The van der Waals surface area contributed by atoms with Gasteiger partial charge in [0.2, 0.25) is 0 Å². The van der Waals surface area contributed by atoms with E-state index in [0.29, 0.717) is 5.52 Å². The van der Waals surface area contributed by atoms with Crippen LogP contribution in [0.3, 0.4) is 0 Å². The van der Waals surface area contributed by atoms with Crippen LogP contribution < -0.4 is 11.2 Å². The van der Waals surface area contributed by atoms with Crippen LogP contribution in [0.1, 0.15) is 16.1 Å². The number of nitrogens with one attached hydrogen (secondary N) is 1. The molecule has 0 aliphatic carbocycles. The molecule has 0 aliphatic heterocycles. The van der Waals surface area contributed by atoms with Crippen LogP contribution in [0.5, 0.6) is 0 Å². The summed E-state index contributed by atoms with van der Waals surface area (Å²) >= 11 is 0. The van der Waals surface area contributed by atoms with E-state index in [-0.39, 0.29) is 30.9 Å². The van der Waals surface area contributed by atoms with E-state index in [0.717, 1.165) is 10.1 Å². The molecule has 0 saturated carbocycles. The molecule has 7 heteroatoms. The van der Waals surface area contributed by atoms with Crippen molar-refractivity contribution in [2.75, 3.05) is 0 Å². The first-order valence-electron chi connectivity index (χ1n) is 8.36. The standard InChI is InChI=1S/C20H19N3O4/c1-3-10-22-16-12-15(19(25)27-13-14-8-6-5-7-9-14)21-17(16)18(24)23(11-4-2)20(22)26/h3-9,12,21H,1-2,10-11,13H2. The van der Waals surface area contributed by atoms with E-state index < -0.39 is 17.2 Å². The first-order valence-corrected chi connectivity index (χ1v) is 8.36. The van der Waals surface area contributed by atoms with Crippen molar-refractivity contribution in [1.82, 2.24) is 14.1 Å². The fourth-order valence-electron chi connectivity index (χ4n) is 2.80. The molecule has 0 aliphatic rings. The van der Waals surface area contributed by atoms with Gasteiger partial charge in [-0.2, -0.15) is 0 Å². The first kappa shape index (κ1) is 18.2. The predicted octanol–water partition coefficient (Wildman–Crippen LogP) is 2.22. The fraction of sp³-hybridized carbons (Fsp3) is 0.150. The Morgan fingerprint density at radius 1 is 1.07 bits per heavy atom. The Hall–Kier alpha value is -3.61. The number of rotatable bonds is 7. The zero-order valence-electron chi connectivity index (χ0n) is 14.7. The molecule has 0 atom stereocenters. The van der Waals surface area contributed by atoms with Crippen LogP contribution in [-0.4, -0.2) is 20.1 Å². The fourth-order valence-corrected chi connectivity index (χ4v) is 2.80. The van der Waals surface area contributed by atoms with E-state index in [2.05, 4.69) is 18.1 Å². The summed E-state index contributed by atoms with van der Waals surface area (Å²) in [5.74, 6) is -0.609. The molecule has 0 radical (unpaired) electrons. The minimum Gasteiger partial charge on any atom is -0.456 e. The van der Waals surface area contributed by atoms with Crippen LogP contribution in [0.25, 0.3) is 11.0 Å². The molecule has 27 heavy (non-hydrogen) atoms. The van der Waals surface area contributed by atoms with E-state index in [1.807, 2.05) is 30.3 Å². The van der Waals surface area contributed by atoms with Gasteiger partial charge in [0, 0.05) is 13.1 Å². The second kappa shape index (κ2) is 7.74. The van der Waals surface area contributed by atoms with Gasteiger partial charge in [0.05, 0.1) is 5.52 Å². The number of hydrogen-bond acceptors (Lipinski definition) is 4. The van der Waals surface area contributed by atoms with Gasteiger partial charge < -0.3 is 9.72 Å². The van der Waals surface area contributed by atoms with Gasteiger partial charge in [0.25, 0.3) is 5.56 Å². The maximum absolute atomic E-state index is 12.6. The summed E-state index contributed by atoms with van der Waals surface area (Å²) < 4.78 is 7.71. The second-order valence-corrected chi connectivity index (χ2v) is 5.89. The molecular weight excluding hydrogens is 346 g/mol. The van der Waals surface area contributed by atoms with E-state index in [9.17, 15) is 14.4 Å². The summed E-state index contributed by atoms with van der Waals surface area (Å²) in [6.45, 7) is 7.58. The van der Waals surface area contributed by atoms with E-state index in [1.165, 1.54) is 16.7 Å². The lowest BCUT2D eigenvalue weighted by Crippen LogP contribution is -2.39. The number of hydrogen-bond donors (Lipinski definition) is 1. The SMILES string of the molecule is C=CCn1c(=O)c2[nH]c(C(=O)OCc3ccccc3)cc2n(CC=C)c1=O. The topological polar surface area (TPSA) is 86.1 Å². The number of ether oxygens (including phenoxy) is 1. The lowest BCUT2D eigenvalue weighted by atomic mass is 10.2. The summed E-state index contributed by atoms with van der Waals surface area (Å²) in [4.78, 5) is 40.3. The molecule has 0 spiro atoms. The van der Waals surface area contributed by atoms with Gasteiger partial charge >= 0.3 is 11.7 Å². The molecule has 2 heterocycles. The minimum atomic E-state index is -0.609. The maximum Gasteiger partial charge on any atom is 0.355 e. The summed E-state index contributed by atoms with van der Waals surface area (Å²) in [5, 5.41) is 0. The number of esters is 1. The number of aromatic amines is 1. The Morgan fingerprint density at radius 2 is 1.74 bits per heavy atom. The number of H-pyrrole nitrogens is 1. The van der Waals surface area contributed by atoms with Gasteiger partial charge in [0.1, 0.15) is 17.8 Å². The van der Waals surface area contributed by atoms with Gasteiger partial charge in [-0.25, -0.2) is 9.59 Å². The molecule has 0 amide bonds. The third-order valence-corrected chi connectivity index (χ3v) is 4.06. The number of carbonyl (C=O) groups is 1. The van der Waals surface area contributed by atoms with E-state index in [1.54, 1.807) is 6.08 Å². The highest BCUT2D eigenvalue weighted by atomic mass is 16.5. The van der Waals surface area contributed by atoms with Crippen molar-refractivity contribution < 1.29 is 9.53 Å². The summed E-state index contributed by atoms with van der Waals surface area (Å²) in [6, 6.07) is 10.7. The third-order valence-electron chi connectivity index (χ3n) is 4.06. The predicted molar refractivity (Wildman–Crippen MR) is 103 cm³/mol. The van der Waals surface area contributed by atoms with Crippen molar-refractivity contribution in [1.29, 1.82) is 0 Å². The van der Waals surface area contributed by atoms with Gasteiger partial charge in [-0.05, 0) is 11.6 Å². The van der Waals surface area contributed by atoms with Crippen LogP contribution in [0.4, 0.5) is 0 Å². The summed E-state index contributed by atoms with van der Waals surface area (Å²) in [5.41, 5.74) is 0.431. The molecule has 2 aromatic heterocycles. The highest BCUT2D eigenvalue weighted by molar-refractivity contribution is 5.93. The van der Waals surface area contributed by atoms with Crippen LogP contribution in [-0.2, 0) is 24.4 Å². The number of carbonyl (C=O) groups excluding carboxylic acids is 1. The summed E-state index contributed by atoms with van der Waals surface area (Å²) in [7, 11) is 0. The van der Waals surface area contributed by atoms with E-state index >= 15 is 0 Å². The van der Waals surface area contributed by atoms with Crippen LogP contribution in [0.2, 0.25) is 0 Å². The molecule has 0 bridgehead atoms. The Morgan fingerprint density at radius 3 is 2.41 bits per heavy atom. The molecule has 138 valence electrons. The number of benzene rings is 1. The van der Waals surface area contributed by atoms with Gasteiger partial charge in [0.15, 0.2) is 0 Å². The van der Waals surface area contributed by atoms with Gasteiger partial charge in [-0.15, -0.1) is 13.2 Å². The molecule has 0 unspecified atom stereocenters. The molecule has 3 rings (SSSR count). The number of fused-ring (bicyclic) bond motifs is 1. The number of nitrogens with zero attached hydrogens (tertiary/aromatic N) is 2. The molecule has 1 N–H and O–H groups in total. The highest BCUT2D eigenvalue weighted by Crippen LogP contribution is 2.13. The Labute approximate surface area is 154 Å².